The van der Waals surface area contributed by atoms with E-state index in [1.165, 1.54) is 0 Å². The Balaban J connectivity index is 2.19. The van der Waals surface area contributed by atoms with Gasteiger partial charge in [0, 0.05) is 19.1 Å². The van der Waals surface area contributed by atoms with E-state index in [4.69, 9.17) is 15.0 Å². The molecule has 5 heteroatoms. The van der Waals surface area contributed by atoms with Crippen molar-refractivity contribution in [1.82, 2.24) is 10.1 Å². The van der Waals surface area contributed by atoms with E-state index in [-0.39, 0.29) is 6.04 Å². The minimum Gasteiger partial charge on any atom is -0.370 e. The summed E-state index contributed by atoms with van der Waals surface area (Å²) in [5.41, 5.74) is 5.50. The Morgan fingerprint density at radius 2 is 2.11 bits per heavy atom. The molecule has 18 heavy (non-hydrogen) atoms. The van der Waals surface area contributed by atoms with Gasteiger partial charge in [-0.05, 0) is 32.1 Å². The van der Waals surface area contributed by atoms with Crippen molar-refractivity contribution in [2.45, 2.75) is 63.5 Å². The summed E-state index contributed by atoms with van der Waals surface area (Å²) in [7, 11) is 1.70. The topological polar surface area (TPSA) is 74.2 Å². The summed E-state index contributed by atoms with van der Waals surface area (Å²) in [6.07, 6.45) is 4.70. The van der Waals surface area contributed by atoms with Gasteiger partial charge >= 0.3 is 0 Å². The lowest BCUT2D eigenvalue weighted by atomic mass is 9.96. The molecule has 0 unspecified atom stereocenters. The highest BCUT2D eigenvalue weighted by Crippen LogP contribution is 2.35. The molecule has 5 nitrogen and oxygen atoms in total. The van der Waals surface area contributed by atoms with Crippen LogP contribution in [0.3, 0.4) is 0 Å². The van der Waals surface area contributed by atoms with Crippen molar-refractivity contribution < 1.29 is 9.26 Å². The van der Waals surface area contributed by atoms with Crippen LogP contribution in [0.4, 0.5) is 0 Å². The van der Waals surface area contributed by atoms with Crippen molar-refractivity contribution in [2.24, 2.45) is 5.73 Å². The number of nitrogens with zero attached hydrogens (tertiary/aromatic N) is 2. The SMILES string of the molecule is CCC(CC)(OC)c1noc([C@@H]2CC[C@H](N)C2)n1. The van der Waals surface area contributed by atoms with Gasteiger partial charge in [0.05, 0.1) is 0 Å². The molecule has 1 fully saturated rings. The lowest BCUT2D eigenvalue weighted by Gasteiger charge is -2.25. The highest BCUT2D eigenvalue weighted by molar-refractivity contribution is 5.05. The number of rotatable bonds is 5. The monoisotopic (exact) mass is 253 g/mol. The fourth-order valence-corrected chi connectivity index (χ4v) is 2.77. The summed E-state index contributed by atoms with van der Waals surface area (Å²) >= 11 is 0. The van der Waals surface area contributed by atoms with Crippen molar-refractivity contribution in [3.8, 4) is 0 Å². The Labute approximate surface area is 108 Å². The van der Waals surface area contributed by atoms with Gasteiger partial charge in [0.15, 0.2) is 0 Å². The Morgan fingerprint density at radius 1 is 1.39 bits per heavy atom. The predicted octanol–water partition coefficient (Wildman–Crippen LogP) is 2.33. The van der Waals surface area contributed by atoms with E-state index in [0.717, 1.165) is 38.0 Å². The summed E-state index contributed by atoms with van der Waals surface area (Å²) < 4.78 is 11.0. The molecule has 0 spiro atoms. The largest absolute Gasteiger partial charge is 0.370 e. The molecule has 0 radical (unpaired) electrons. The first-order valence-corrected chi connectivity index (χ1v) is 6.80. The van der Waals surface area contributed by atoms with Crippen LogP contribution in [0.1, 0.15) is 63.6 Å². The van der Waals surface area contributed by atoms with Crippen LogP contribution in [-0.4, -0.2) is 23.3 Å². The summed E-state index contributed by atoms with van der Waals surface area (Å²) in [6, 6.07) is 0.273. The molecule has 1 aromatic heterocycles. The van der Waals surface area contributed by atoms with Crippen LogP contribution in [0.15, 0.2) is 4.52 Å². The van der Waals surface area contributed by atoms with Gasteiger partial charge < -0.3 is 15.0 Å². The van der Waals surface area contributed by atoms with Crippen LogP contribution in [-0.2, 0) is 10.3 Å². The van der Waals surface area contributed by atoms with Crippen LogP contribution in [0.25, 0.3) is 0 Å². The first kappa shape index (κ1) is 13.5. The molecular weight excluding hydrogens is 230 g/mol. The Hall–Kier alpha value is -0.940. The molecule has 0 bridgehead atoms. The summed E-state index contributed by atoms with van der Waals surface area (Å²) in [5, 5.41) is 4.12. The van der Waals surface area contributed by atoms with Gasteiger partial charge in [0.2, 0.25) is 11.7 Å². The van der Waals surface area contributed by atoms with E-state index in [0.29, 0.717) is 11.7 Å². The number of hydrogen-bond donors (Lipinski definition) is 1. The van der Waals surface area contributed by atoms with Crippen molar-refractivity contribution in [3.63, 3.8) is 0 Å². The molecule has 0 aliphatic heterocycles. The van der Waals surface area contributed by atoms with Gasteiger partial charge in [-0.3, -0.25) is 0 Å². The van der Waals surface area contributed by atoms with Crippen LogP contribution >= 0.6 is 0 Å². The van der Waals surface area contributed by atoms with E-state index in [1.807, 2.05) is 0 Å². The summed E-state index contributed by atoms with van der Waals surface area (Å²) in [6.45, 7) is 4.16. The molecule has 1 saturated carbocycles. The van der Waals surface area contributed by atoms with Gasteiger partial charge in [-0.15, -0.1) is 0 Å². The van der Waals surface area contributed by atoms with Gasteiger partial charge in [-0.25, -0.2) is 0 Å². The smallest absolute Gasteiger partial charge is 0.229 e. The van der Waals surface area contributed by atoms with Crippen LogP contribution in [0.2, 0.25) is 0 Å². The Morgan fingerprint density at radius 3 is 2.61 bits per heavy atom. The van der Waals surface area contributed by atoms with Gasteiger partial charge in [0.25, 0.3) is 0 Å². The number of methoxy groups -OCH3 is 1. The minimum atomic E-state index is -0.414. The zero-order valence-corrected chi connectivity index (χ0v) is 11.5. The number of hydrogen-bond acceptors (Lipinski definition) is 5. The van der Waals surface area contributed by atoms with Gasteiger partial charge in [-0.1, -0.05) is 19.0 Å². The molecule has 102 valence electrons. The third kappa shape index (κ3) is 2.29. The lowest BCUT2D eigenvalue weighted by Crippen LogP contribution is -2.28. The Kier molecular flexibility index (Phi) is 4.02. The fraction of sp³-hybridized carbons (Fsp3) is 0.846. The Bertz CT molecular complexity index is 379. The van der Waals surface area contributed by atoms with Gasteiger partial charge in [0.1, 0.15) is 5.60 Å². The van der Waals surface area contributed by atoms with Crippen LogP contribution < -0.4 is 5.73 Å². The summed E-state index contributed by atoms with van der Waals surface area (Å²) in [4.78, 5) is 4.55. The van der Waals surface area contributed by atoms with E-state index < -0.39 is 5.60 Å². The standard InChI is InChI=1S/C13H23N3O2/c1-4-13(5-2,17-3)12-15-11(18-16-12)9-6-7-10(14)8-9/h9-10H,4-8,14H2,1-3H3/t9-,10+/m1/s1. The average molecular weight is 253 g/mol. The van der Waals surface area contributed by atoms with Crippen molar-refractivity contribution >= 4 is 0 Å². The van der Waals surface area contributed by atoms with E-state index in [1.54, 1.807) is 7.11 Å². The molecule has 0 amide bonds. The highest BCUT2D eigenvalue weighted by Gasteiger charge is 2.35. The predicted molar refractivity (Wildman–Crippen MR) is 68.1 cm³/mol. The molecule has 1 heterocycles. The maximum absolute atomic E-state index is 5.92. The molecular formula is C13H23N3O2. The van der Waals surface area contributed by atoms with Crippen LogP contribution in [0, 0.1) is 0 Å². The maximum atomic E-state index is 5.92. The second-order valence-electron chi connectivity index (χ2n) is 5.13. The van der Waals surface area contributed by atoms with E-state index in [9.17, 15) is 0 Å². The zero-order chi connectivity index (χ0) is 13.2. The quantitative estimate of drug-likeness (QED) is 0.871. The lowest BCUT2D eigenvalue weighted by molar-refractivity contribution is -0.0306. The second kappa shape index (κ2) is 5.36. The maximum Gasteiger partial charge on any atom is 0.229 e. The zero-order valence-electron chi connectivity index (χ0n) is 11.5. The fourth-order valence-electron chi connectivity index (χ4n) is 2.77. The molecule has 2 rings (SSSR count). The normalized spacial score (nSPS) is 24.7. The van der Waals surface area contributed by atoms with E-state index in [2.05, 4.69) is 24.0 Å². The highest BCUT2D eigenvalue weighted by atomic mass is 16.5. The van der Waals surface area contributed by atoms with Crippen molar-refractivity contribution in [1.29, 1.82) is 0 Å². The molecule has 1 aliphatic rings. The van der Waals surface area contributed by atoms with Gasteiger partial charge in [-0.2, -0.15) is 4.98 Å². The molecule has 0 saturated heterocycles. The minimum absolute atomic E-state index is 0.273. The molecule has 2 atom stereocenters. The van der Waals surface area contributed by atoms with E-state index >= 15 is 0 Å². The first-order valence-electron chi connectivity index (χ1n) is 6.80. The van der Waals surface area contributed by atoms with Crippen molar-refractivity contribution in [2.75, 3.05) is 7.11 Å². The molecule has 0 aromatic carbocycles. The number of nitrogens with two attached hydrogens (primary N) is 1. The third-order valence-corrected chi connectivity index (χ3v) is 4.20. The molecule has 2 N–H and O–H groups in total. The number of aromatic nitrogens is 2. The van der Waals surface area contributed by atoms with Crippen molar-refractivity contribution in [3.05, 3.63) is 11.7 Å². The third-order valence-electron chi connectivity index (χ3n) is 4.20. The summed E-state index contributed by atoms with van der Waals surface area (Å²) in [5.74, 6) is 1.72. The number of ether oxygens (including phenoxy) is 1. The molecule has 1 aromatic rings. The molecule has 1 aliphatic carbocycles. The average Bonchev–Trinajstić information content (AvgIpc) is 3.01. The van der Waals surface area contributed by atoms with Crippen LogP contribution in [0.5, 0.6) is 0 Å². The first-order chi connectivity index (χ1) is 8.65. The second-order valence-corrected chi connectivity index (χ2v) is 5.13.